The van der Waals surface area contributed by atoms with Crippen molar-refractivity contribution < 1.29 is 13.2 Å². The number of halogens is 3. The van der Waals surface area contributed by atoms with E-state index in [9.17, 15) is 13.2 Å². The number of nitrogens with zero attached hydrogens (tertiary/aromatic N) is 6. The van der Waals surface area contributed by atoms with E-state index in [-0.39, 0.29) is 16.4 Å². The molecule has 0 N–H and O–H groups in total. The van der Waals surface area contributed by atoms with E-state index in [1.54, 1.807) is 22.3 Å². The summed E-state index contributed by atoms with van der Waals surface area (Å²) in [6, 6.07) is 7.90. The van der Waals surface area contributed by atoms with Crippen molar-refractivity contribution in [2.45, 2.75) is 55.9 Å². The molecule has 1 aromatic heterocycles. The third kappa shape index (κ3) is 4.89. The van der Waals surface area contributed by atoms with Crippen LogP contribution in [0.5, 0.6) is 0 Å². The molecule has 40 heavy (non-hydrogen) atoms. The summed E-state index contributed by atoms with van der Waals surface area (Å²) >= 11 is 5.08. The first kappa shape index (κ1) is 27.2. The summed E-state index contributed by atoms with van der Waals surface area (Å²) < 4.78 is 44.7. The number of hydrogen-bond donors (Lipinski definition) is 1. The summed E-state index contributed by atoms with van der Waals surface area (Å²) in [6.07, 6.45) is 7.10. The molecule has 0 bridgehead atoms. The number of allylic oxidation sites excluding steroid dienone is 1. The molecule has 3 aliphatic heterocycles. The number of likely N-dealkylation sites (tertiary alicyclic amines) is 1. The molecule has 10 heteroatoms. The zero-order valence-electron chi connectivity index (χ0n) is 22.9. The topological polar surface area (TPSA) is 40.4 Å². The molecule has 1 unspecified atom stereocenters. The molecule has 2 atom stereocenters. The summed E-state index contributed by atoms with van der Waals surface area (Å²) in [5.41, 5.74) is 1.83. The highest BCUT2D eigenvalue weighted by Crippen LogP contribution is 2.51. The van der Waals surface area contributed by atoms with Crippen molar-refractivity contribution >= 4 is 18.3 Å². The van der Waals surface area contributed by atoms with Gasteiger partial charge >= 0.3 is 6.18 Å². The van der Waals surface area contributed by atoms with Crippen LogP contribution in [0.25, 0.3) is 0 Å². The number of aromatic nitrogens is 3. The minimum Gasteiger partial charge on any atom is -0.320 e. The molecule has 1 saturated heterocycles. The molecule has 6 rings (SSSR count). The molecular formula is C30H35F3N6S. The maximum atomic E-state index is 14.3. The Labute approximate surface area is 238 Å². The van der Waals surface area contributed by atoms with Crippen LogP contribution >= 0.6 is 12.6 Å². The van der Waals surface area contributed by atoms with Gasteiger partial charge in [0.2, 0.25) is 0 Å². The lowest BCUT2D eigenvalue weighted by molar-refractivity contribution is -0.0909. The highest BCUT2D eigenvalue weighted by molar-refractivity contribution is 7.82. The van der Waals surface area contributed by atoms with Gasteiger partial charge in [-0.2, -0.15) is 25.8 Å². The van der Waals surface area contributed by atoms with E-state index in [0.717, 1.165) is 62.3 Å². The first-order valence-electron chi connectivity index (χ1n) is 13.9. The number of alkyl halides is 3. The maximum Gasteiger partial charge on any atom is 0.418 e. The van der Waals surface area contributed by atoms with Crippen LogP contribution in [0.15, 0.2) is 78.3 Å². The predicted octanol–water partition coefficient (Wildman–Crippen LogP) is 6.35. The van der Waals surface area contributed by atoms with E-state index in [0.29, 0.717) is 23.9 Å². The van der Waals surface area contributed by atoms with Gasteiger partial charge in [0.1, 0.15) is 18.0 Å². The summed E-state index contributed by atoms with van der Waals surface area (Å²) in [7, 11) is 1.92. The smallest absolute Gasteiger partial charge is 0.320 e. The fraction of sp³-hybridized carbons (Fsp3) is 0.467. The highest BCUT2D eigenvalue weighted by atomic mass is 32.1. The van der Waals surface area contributed by atoms with Gasteiger partial charge in [0, 0.05) is 43.0 Å². The largest absolute Gasteiger partial charge is 0.418 e. The van der Waals surface area contributed by atoms with Crippen molar-refractivity contribution in [2.75, 3.05) is 24.5 Å². The minimum atomic E-state index is -4.49. The lowest BCUT2D eigenvalue weighted by atomic mass is 9.71. The Balaban J connectivity index is 1.34. The van der Waals surface area contributed by atoms with Crippen LogP contribution in [-0.2, 0) is 7.05 Å². The third-order valence-corrected chi connectivity index (χ3v) is 9.37. The normalized spacial score (nSPS) is 23.8. The number of hydrogen-bond acceptors (Lipinski definition) is 6. The Bertz CT molecular complexity index is 1400. The fourth-order valence-electron chi connectivity index (χ4n) is 6.48. The van der Waals surface area contributed by atoms with Gasteiger partial charge in [0.15, 0.2) is 0 Å². The molecular weight excluding hydrogens is 533 g/mol. The Morgan fingerprint density at radius 2 is 1.98 bits per heavy atom. The van der Waals surface area contributed by atoms with Crippen LogP contribution < -0.4 is 4.90 Å². The number of aryl methyl sites for hydroxylation is 1. The van der Waals surface area contributed by atoms with Crippen molar-refractivity contribution in [3.05, 3.63) is 89.7 Å². The van der Waals surface area contributed by atoms with Crippen LogP contribution in [0.2, 0.25) is 0 Å². The van der Waals surface area contributed by atoms with Crippen LogP contribution in [0.3, 0.4) is 0 Å². The van der Waals surface area contributed by atoms with Crippen molar-refractivity contribution in [3.63, 3.8) is 0 Å². The fourth-order valence-corrected chi connectivity index (χ4v) is 7.06. The molecule has 0 amide bonds. The summed E-state index contributed by atoms with van der Waals surface area (Å²) in [4.78, 5) is 5.59. The maximum absolute atomic E-state index is 14.3. The Morgan fingerprint density at radius 3 is 2.62 bits per heavy atom. The third-order valence-electron chi connectivity index (χ3n) is 8.66. The number of thiol groups is 1. The minimum absolute atomic E-state index is 0.0909. The molecule has 1 saturated carbocycles. The lowest BCUT2D eigenvalue weighted by Crippen LogP contribution is -2.39. The van der Waals surface area contributed by atoms with E-state index in [4.69, 9.17) is 12.6 Å². The number of piperidine rings is 1. The quantitative estimate of drug-likeness (QED) is 0.411. The van der Waals surface area contributed by atoms with E-state index in [1.807, 2.05) is 42.1 Å². The average molecular weight is 569 g/mol. The Kier molecular flexibility index (Phi) is 6.89. The van der Waals surface area contributed by atoms with Crippen molar-refractivity contribution in [2.24, 2.45) is 13.0 Å². The van der Waals surface area contributed by atoms with Crippen molar-refractivity contribution in [3.8, 4) is 0 Å². The van der Waals surface area contributed by atoms with E-state index < -0.39 is 11.7 Å². The predicted molar refractivity (Wildman–Crippen MR) is 153 cm³/mol. The van der Waals surface area contributed by atoms with Gasteiger partial charge in [0.25, 0.3) is 0 Å². The summed E-state index contributed by atoms with van der Waals surface area (Å²) in [5.74, 6) is 1.73. The molecule has 2 fully saturated rings. The van der Waals surface area contributed by atoms with Gasteiger partial charge in [-0.05, 0) is 67.5 Å². The van der Waals surface area contributed by atoms with Gasteiger partial charge < -0.3 is 14.4 Å². The van der Waals surface area contributed by atoms with Gasteiger partial charge in [-0.15, -0.1) is 10.2 Å². The first-order chi connectivity index (χ1) is 19.0. The van der Waals surface area contributed by atoms with Gasteiger partial charge in [-0.1, -0.05) is 32.1 Å². The first-order valence-corrected chi connectivity index (χ1v) is 14.4. The van der Waals surface area contributed by atoms with E-state index in [2.05, 4.69) is 28.6 Å². The van der Waals surface area contributed by atoms with E-state index >= 15 is 0 Å². The van der Waals surface area contributed by atoms with Crippen LogP contribution in [0.4, 0.5) is 18.9 Å². The second-order valence-corrected chi connectivity index (χ2v) is 12.6. The molecule has 1 aromatic carbocycles. The number of rotatable bonds is 6. The number of fused-ring (bicyclic) bond motifs is 1. The second kappa shape index (κ2) is 10.1. The standard InChI is InChI=1S/C30H35F3N6S/c1-20-7-5-12-37(15-20)16-22-13-25(30(31,32)33)26-18-38(21(2)39(26)17-22)24-9-4-8-23(14-24)27(29(40)10-6-11-29)28-35-34-19-36(28)3/h4,8-9,13-14,17-20,27,40H,2,5-7,10-12,15-16H2,1,3H3/t20-,27?/m0/s1. The van der Waals surface area contributed by atoms with Crippen LogP contribution in [0.1, 0.15) is 56.3 Å². The molecule has 0 spiro atoms. The molecule has 2 aromatic rings. The van der Waals surface area contributed by atoms with Gasteiger partial charge in [-0.25, -0.2) is 0 Å². The zero-order chi connectivity index (χ0) is 28.2. The molecule has 4 heterocycles. The summed E-state index contributed by atoms with van der Waals surface area (Å²) in [6.45, 7) is 8.71. The van der Waals surface area contributed by atoms with Crippen molar-refractivity contribution in [1.29, 1.82) is 0 Å². The van der Waals surface area contributed by atoms with E-state index in [1.165, 1.54) is 6.08 Å². The summed E-state index contributed by atoms with van der Waals surface area (Å²) in [5, 5.41) is 8.51. The molecule has 4 aliphatic rings. The Hall–Kier alpha value is -2.98. The molecule has 1 aliphatic carbocycles. The van der Waals surface area contributed by atoms with Gasteiger partial charge in [-0.3, -0.25) is 4.90 Å². The molecule has 6 nitrogen and oxygen atoms in total. The zero-order valence-corrected chi connectivity index (χ0v) is 23.8. The monoisotopic (exact) mass is 568 g/mol. The van der Waals surface area contributed by atoms with Crippen molar-refractivity contribution in [1.82, 2.24) is 24.6 Å². The second-order valence-electron chi connectivity index (χ2n) is 11.7. The van der Waals surface area contributed by atoms with Crippen LogP contribution in [0, 0.1) is 5.92 Å². The SMILES string of the molecule is C=C1N2C=C(CN3CCC[C@H](C)C3)C=C(C(F)(F)F)C2=CN1c1cccc(C(c2nncn2C)C2(S)CCC2)c1. The average Bonchev–Trinajstić information content (AvgIpc) is 3.45. The van der Waals surface area contributed by atoms with Crippen LogP contribution in [-0.4, -0.2) is 55.1 Å². The number of anilines is 1. The molecule has 0 radical (unpaired) electrons. The lowest BCUT2D eigenvalue weighted by Gasteiger charge is -2.43. The number of benzene rings is 1. The van der Waals surface area contributed by atoms with Gasteiger partial charge in [0.05, 0.1) is 17.2 Å². The Morgan fingerprint density at radius 1 is 1.18 bits per heavy atom. The molecule has 212 valence electrons. The highest BCUT2D eigenvalue weighted by Gasteiger charge is 2.46.